The number of phenolic OH excluding ortho intramolecular Hbond substituents is 1. The Kier molecular flexibility index (Phi) is 9.55. The van der Waals surface area contributed by atoms with Gasteiger partial charge in [-0.15, -0.1) is 0 Å². The lowest BCUT2D eigenvalue weighted by atomic mass is 10.1. The average molecular weight is 536 g/mol. The molecule has 3 aromatic rings. The molecule has 0 unspecified atom stereocenters. The molecule has 0 aliphatic heterocycles. The van der Waals surface area contributed by atoms with E-state index < -0.39 is 16.7 Å². The standard InChI is InChI=1S/C27H26ClN5O5/c1-3-32(4-2)20-11-9-18(10-12-20)15-24(30-26(35)22-7-5-6-8-23(22)28)27(36)31-29-17-19-16-21(34)13-14-25(19)33(37)38/h5-17,34H,3-4H2,1-2H3,(H,30,35)(H,31,36). The fourth-order valence-electron chi connectivity index (χ4n) is 3.56. The molecule has 3 rings (SSSR count). The highest BCUT2D eigenvalue weighted by Crippen LogP contribution is 2.22. The van der Waals surface area contributed by atoms with Gasteiger partial charge in [-0.05, 0) is 61.9 Å². The van der Waals surface area contributed by atoms with E-state index in [1.807, 2.05) is 24.3 Å². The molecule has 2 amide bonds. The van der Waals surface area contributed by atoms with Crippen molar-refractivity contribution in [2.75, 3.05) is 18.0 Å². The van der Waals surface area contributed by atoms with Gasteiger partial charge in [-0.2, -0.15) is 5.10 Å². The summed E-state index contributed by atoms with van der Waals surface area (Å²) in [6.07, 6.45) is 2.50. The van der Waals surface area contributed by atoms with Gasteiger partial charge < -0.3 is 15.3 Å². The van der Waals surface area contributed by atoms with E-state index in [0.29, 0.717) is 5.56 Å². The average Bonchev–Trinajstić information content (AvgIpc) is 2.90. The van der Waals surface area contributed by atoms with Gasteiger partial charge >= 0.3 is 0 Å². The fourth-order valence-corrected chi connectivity index (χ4v) is 3.78. The number of amides is 2. The fraction of sp³-hybridized carbons (Fsp3) is 0.148. The highest BCUT2D eigenvalue weighted by atomic mass is 35.5. The highest BCUT2D eigenvalue weighted by molar-refractivity contribution is 6.34. The van der Waals surface area contributed by atoms with Crippen LogP contribution in [-0.4, -0.2) is 41.1 Å². The van der Waals surface area contributed by atoms with Crippen molar-refractivity contribution in [1.82, 2.24) is 10.7 Å². The number of benzene rings is 3. The Hall–Kier alpha value is -4.70. The molecule has 0 aliphatic rings. The number of halogens is 1. The molecule has 0 heterocycles. The first kappa shape index (κ1) is 27.9. The summed E-state index contributed by atoms with van der Waals surface area (Å²) in [5.74, 6) is -1.59. The SMILES string of the molecule is CCN(CC)c1ccc(C=C(NC(=O)c2ccccc2Cl)C(=O)NN=Cc2cc(O)ccc2[N+](=O)[O-])cc1. The van der Waals surface area contributed by atoms with Crippen LogP contribution in [0, 0.1) is 10.1 Å². The second-order valence-corrected chi connectivity index (χ2v) is 8.36. The van der Waals surface area contributed by atoms with E-state index in [1.165, 1.54) is 18.2 Å². The molecule has 0 spiro atoms. The highest BCUT2D eigenvalue weighted by Gasteiger charge is 2.17. The number of nitrogens with one attached hydrogen (secondary N) is 2. The molecule has 3 N–H and O–H groups in total. The number of nitro benzene ring substituents is 1. The summed E-state index contributed by atoms with van der Waals surface area (Å²) in [7, 11) is 0. The molecule has 196 valence electrons. The third-order valence-corrected chi connectivity index (χ3v) is 5.85. The zero-order valence-electron chi connectivity index (χ0n) is 20.7. The Morgan fingerprint density at radius 3 is 2.39 bits per heavy atom. The molecule has 0 saturated carbocycles. The molecule has 0 saturated heterocycles. The van der Waals surface area contributed by atoms with Crippen LogP contribution < -0.4 is 15.6 Å². The molecule has 0 aromatic heterocycles. The number of carbonyl (C=O) groups excluding carboxylic acids is 2. The predicted octanol–water partition coefficient (Wildman–Crippen LogP) is 4.72. The van der Waals surface area contributed by atoms with Crippen molar-refractivity contribution in [2.45, 2.75) is 13.8 Å². The second-order valence-electron chi connectivity index (χ2n) is 7.96. The van der Waals surface area contributed by atoms with E-state index in [4.69, 9.17) is 11.6 Å². The predicted molar refractivity (Wildman–Crippen MR) is 147 cm³/mol. The Balaban J connectivity index is 1.89. The van der Waals surface area contributed by atoms with E-state index in [2.05, 4.69) is 34.6 Å². The molecule has 38 heavy (non-hydrogen) atoms. The smallest absolute Gasteiger partial charge is 0.287 e. The molecule has 0 bridgehead atoms. The van der Waals surface area contributed by atoms with Crippen LogP contribution in [0.3, 0.4) is 0 Å². The summed E-state index contributed by atoms with van der Waals surface area (Å²) >= 11 is 6.14. The molecule has 11 heteroatoms. The third kappa shape index (κ3) is 7.17. The maximum absolute atomic E-state index is 13.0. The number of hydrazone groups is 1. The molecular formula is C27H26ClN5O5. The van der Waals surface area contributed by atoms with Crippen molar-refractivity contribution in [3.63, 3.8) is 0 Å². The van der Waals surface area contributed by atoms with E-state index in [-0.39, 0.29) is 33.3 Å². The molecule has 0 aliphatic carbocycles. The van der Waals surface area contributed by atoms with Gasteiger partial charge in [-0.1, -0.05) is 35.9 Å². The van der Waals surface area contributed by atoms with Crippen LogP contribution in [0.2, 0.25) is 5.02 Å². The van der Waals surface area contributed by atoms with Crippen LogP contribution in [0.4, 0.5) is 11.4 Å². The normalized spacial score (nSPS) is 11.3. The van der Waals surface area contributed by atoms with Crippen LogP contribution in [0.15, 0.2) is 77.5 Å². The summed E-state index contributed by atoms with van der Waals surface area (Å²) in [6.45, 7) is 5.77. The minimum atomic E-state index is -0.780. The summed E-state index contributed by atoms with van der Waals surface area (Å²) in [6, 6.07) is 17.2. The molecule has 0 atom stereocenters. The Bertz CT molecular complexity index is 1380. The number of aromatic hydroxyl groups is 1. The molecule has 0 radical (unpaired) electrons. The van der Waals surface area contributed by atoms with Gasteiger partial charge in [0.25, 0.3) is 17.5 Å². The van der Waals surface area contributed by atoms with E-state index in [1.54, 1.807) is 18.2 Å². The van der Waals surface area contributed by atoms with Crippen LogP contribution in [-0.2, 0) is 4.79 Å². The number of carbonyl (C=O) groups is 2. The Morgan fingerprint density at radius 1 is 1.08 bits per heavy atom. The molecular weight excluding hydrogens is 510 g/mol. The van der Waals surface area contributed by atoms with Crippen LogP contribution >= 0.6 is 11.6 Å². The van der Waals surface area contributed by atoms with Gasteiger partial charge in [-0.25, -0.2) is 5.43 Å². The Labute approximate surface area is 224 Å². The second kappa shape index (κ2) is 13.0. The van der Waals surface area contributed by atoms with Gasteiger partial charge in [0.2, 0.25) is 0 Å². The van der Waals surface area contributed by atoms with Gasteiger partial charge in [0.1, 0.15) is 11.4 Å². The van der Waals surface area contributed by atoms with Gasteiger partial charge in [0.05, 0.1) is 27.3 Å². The Morgan fingerprint density at radius 2 is 1.76 bits per heavy atom. The number of rotatable bonds is 10. The number of anilines is 1. The maximum atomic E-state index is 13.0. The maximum Gasteiger partial charge on any atom is 0.287 e. The first-order valence-corrected chi connectivity index (χ1v) is 12.0. The first-order chi connectivity index (χ1) is 18.2. The van der Waals surface area contributed by atoms with Crippen molar-refractivity contribution in [1.29, 1.82) is 0 Å². The summed E-state index contributed by atoms with van der Waals surface area (Å²) < 4.78 is 0. The molecule has 0 fully saturated rings. The van der Waals surface area contributed by atoms with Crippen LogP contribution in [0.1, 0.15) is 35.3 Å². The number of nitro groups is 1. The minimum absolute atomic E-state index is 0.0204. The van der Waals surface area contributed by atoms with Gasteiger partial charge in [0.15, 0.2) is 0 Å². The summed E-state index contributed by atoms with van der Waals surface area (Å²) in [4.78, 5) is 38.6. The van der Waals surface area contributed by atoms with Crippen molar-refractivity contribution < 1.29 is 19.6 Å². The summed E-state index contributed by atoms with van der Waals surface area (Å²) in [5, 5.41) is 27.4. The lowest BCUT2D eigenvalue weighted by Gasteiger charge is -2.21. The summed E-state index contributed by atoms with van der Waals surface area (Å²) in [5.41, 5.74) is 3.62. The van der Waals surface area contributed by atoms with Crippen molar-refractivity contribution >= 4 is 47.1 Å². The van der Waals surface area contributed by atoms with Crippen molar-refractivity contribution in [3.05, 3.63) is 104 Å². The molecule has 10 nitrogen and oxygen atoms in total. The van der Waals surface area contributed by atoms with Crippen LogP contribution in [0.5, 0.6) is 5.75 Å². The third-order valence-electron chi connectivity index (χ3n) is 5.52. The number of nitrogens with zero attached hydrogens (tertiary/aromatic N) is 3. The quantitative estimate of drug-likeness (QED) is 0.149. The zero-order chi connectivity index (χ0) is 27.7. The first-order valence-electron chi connectivity index (χ1n) is 11.7. The monoisotopic (exact) mass is 535 g/mol. The number of hydrogen-bond donors (Lipinski definition) is 3. The van der Waals surface area contributed by atoms with E-state index in [0.717, 1.165) is 37.1 Å². The minimum Gasteiger partial charge on any atom is -0.508 e. The zero-order valence-corrected chi connectivity index (χ0v) is 21.5. The topological polar surface area (TPSA) is 137 Å². The van der Waals surface area contributed by atoms with Gasteiger partial charge in [-0.3, -0.25) is 19.7 Å². The van der Waals surface area contributed by atoms with E-state index >= 15 is 0 Å². The number of phenols is 1. The van der Waals surface area contributed by atoms with Crippen molar-refractivity contribution in [3.8, 4) is 5.75 Å². The largest absolute Gasteiger partial charge is 0.508 e. The van der Waals surface area contributed by atoms with E-state index in [9.17, 15) is 24.8 Å². The van der Waals surface area contributed by atoms with Gasteiger partial charge in [0, 0.05) is 24.8 Å². The molecule has 3 aromatic carbocycles. The van der Waals surface area contributed by atoms with Crippen molar-refractivity contribution in [2.24, 2.45) is 5.10 Å². The van der Waals surface area contributed by atoms with Crippen LogP contribution in [0.25, 0.3) is 6.08 Å². The number of hydrogen-bond acceptors (Lipinski definition) is 7. The lowest BCUT2D eigenvalue weighted by Crippen LogP contribution is -2.33. The lowest BCUT2D eigenvalue weighted by molar-refractivity contribution is -0.385.